The van der Waals surface area contributed by atoms with Crippen LogP contribution in [-0.4, -0.2) is 5.84 Å². The third-order valence-corrected chi connectivity index (χ3v) is 1.35. The van der Waals surface area contributed by atoms with Gasteiger partial charge in [0, 0.05) is 6.42 Å². The Hall–Kier alpha value is 0.200. The third kappa shape index (κ3) is 4.36. The van der Waals surface area contributed by atoms with Crippen molar-refractivity contribution in [3.05, 3.63) is 0 Å². The summed E-state index contributed by atoms with van der Waals surface area (Å²) in [4.78, 5) is 0. The molecule has 0 rings (SSSR count). The summed E-state index contributed by atoms with van der Waals surface area (Å²) in [6, 6.07) is 0. The highest BCUT2D eigenvalue weighted by Gasteiger charge is 1.94. The van der Waals surface area contributed by atoms with E-state index in [4.69, 9.17) is 5.73 Å². The fourth-order valence-corrected chi connectivity index (χ4v) is 0.650. The molecule has 0 saturated carbocycles. The zero-order valence-corrected chi connectivity index (χ0v) is 7.34. The summed E-state index contributed by atoms with van der Waals surface area (Å²) in [5, 5.41) is 0. The number of nitrogens with two attached hydrogens (primary N) is 1. The first-order valence-electron chi connectivity index (χ1n) is 2.60. The highest BCUT2D eigenvalue weighted by Crippen LogP contribution is 1.99. The van der Waals surface area contributed by atoms with Crippen molar-refractivity contribution >= 4 is 28.7 Å². The molecule has 0 aliphatic carbocycles. The Kier molecular flexibility index (Phi) is 4.22. The van der Waals surface area contributed by atoms with E-state index in [0.717, 1.165) is 12.3 Å². The molecule has 0 fully saturated rings. The van der Waals surface area contributed by atoms with Gasteiger partial charge in [-0.1, -0.05) is 13.8 Å². The van der Waals surface area contributed by atoms with Crippen molar-refractivity contribution in [1.29, 1.82) is 0 Å². The fraction of sp³-hybridized carbons (Fsp3) is 0.800. The topological polar surface area (TPSA) is 38.4 Å². The van der Waals surface area contributed by atoms with Crippen LogP contribution in [0.15, 0.2) is 3.21 Å². The van der Waals surface area contributed by atoms with Crippen LogP contribution in [-0.2, 0) is 0 Å². The number of hydrogen-bond donors (Lipinski definition) is 1. The number of nitrogens with zero attached hydrogens (tertiary/aromatic N) is 1. The molecule has 0 heterocycles. The van der Waals surface area contributed by atoms with Crippen LogP contribution in [0.25, 0.3) is 0 Å². The predicted octanol–water partition coefficient (Wildman–Crippen LogP) is 1.74. The molecule has 0 spiro atoms. The minimum Gasteiger partial charge on any atom is -0.387 e. The van der Waals surface area contributed by atoms with Crippen molar-refractivity contribution in [2.45, 2.75) is 20.3 Å². The quantitative estimate of drug-likeness (QED) is 0.434. The Morgan fingerprint density at radius 2 is 2.25 bits per heavy atom. The van der Waals surface area contributed by atoms with Gasteiger partial charge in [-0.2, -0.15) is 0 Å². The summed E-state index contributed by atoms with van der Waals surface area (Å²) in [5.74, 6) is 1.36. The molecule has 0 aliphatic heterocycles. The van der Waals surface area contributed by atoms with Crippen molar-refractivity contribution in [1.82, 2.24) is 0 Å². The Labute approximate surface area is 64.1 Å². The van der Waals surface area contributed by atoms with E-state index in [1.54, 1.807) is 0 Å². The molecule has 2 nitrogen and oxygen atoms in total. The summed E-state index contributed by atoms with van der Waals surface area (Å²) in [7, 11) is 0. The van der Waals surface area contributed by atoms with Gasteiger partial charge in [0.1, 0.15) is 5.84 Å². The van der Waals surface area contributed by atoms with Crippen molar-refractivity contribution in [3.63, 3.8) is 0 Å². The Morgan fingerprint density at radius 3 is 2.38 bits per heavy atom. The summed E-state index contributed by atoms with van der Waals surface area (Å²) < 4.78 is 3.79. The molecule has 8 heavy (non-hydrogen) atoms. The molecule has 48 valence electrons. The molecular formula is C5H11IN2. The van der Waals surface area contributed by atoms with Crippen molar-refractivity contribution in [3.8, 4) is 0 Å². The maximum Gasteiger partial charge on any atom is 0.106 e. The first kappa shape index (κ1) is 8.20. The van der Waals surface area contributed by atoms with Gasteiger partial charge < -0.3 is 5.73 Å². The highest BCUT2D eigenvalue weighted by atomic mass is 127. The van der Waals surface area contributed by atoms with Gasteiger partial charge in [-0.25, -0.2) is 3.21 Å². The Morgan fingerprint density at radius 1 is 1.75 bits per heavy atom. The minimum absolute atomic E-state index is 0.619. The van der Waals surface area contributed by atoms with Crippen molar-refractivity contribution < 1.29 is 0 Å². The standard InChI is InChI=1S/C5H11IN2/c1-4(2)3-5(7)8-6/h4H,3H2,1-2H3,(H2,7,8). The van der Waals surface area contributed by atoms with Crippen LogP contribution in [0.3, 0.4) is 0 Å². The maximum atomic E-state index is 5.42. The van der Waals surface area contributed by atoms with Crippen LogP contribution in [0.5, 0.6) is 0 Å². The molecule has 2 N–H and O–H groups in total. The maximum absolute atomic E-state index is 5.42. The molecule has 0 saturated heterocycles. The van der Waals surface area contributed by atoms with E-state index in [1.807, 2.05) is 22.9 Å². The molecule has 0 aromatic carbocycles. The van der Waals surface area contributed by atoms with E-state index >= 15 is 0 Å². The first-order chi connectivity index (χ1) is 3.66. The van der Waals surface area contributed by atoms with Crippen molar-refractivity contribution in [2.24, 2.45) is 14.9 Å². The molecule has 0 aromatic rings. The minimum atomic E-state index is 0.619. The summed E-state index contributed by atoms with van der Waals surface area (Å²) in [6.07, 6.45) is 0.906. The van der Waals surface area contributed by atoms with Crippen LogP contribution >= 0.6 is 22.9 Å². The molecular weight excluding hydrogens is 215 g/mol. The lowest BCUT2D eigenvalue weighted by Crippen LogP contribution is -2.12. The average Bonchev–Trinajstić information content (AvgIpc) is 1.65. The van der Waals surface area contributed by atoms with E-state index in [0.29, 0.717) is 5.92 Å². The van der Waals surface area contributed by atoms with E-state index < -0.39 is 0 Å². The van der Waals surface area contributed by atoms with Gasteiger partial charge in [0.15, 0.2) is 0 Å². The predicted molar refractivity (Wildman–Crippen MR) is 45.1 cm³/mol. The third-order valence-electron chi connectivity index (χ3n) is 0.726. The zero-order chi connectivity index (χ0) is 6.57. The number of amidine groups is 1. The monoisotopic (exact) mass is 226 g/mol. The van der Waals surface area contributed by atoms with Crippen molar-refractivity contribution in [2.75, 3.05) is 0 Å². The average molecular weight is 226 g/mol. The summed E-state index contributed by atoms with van der Waals surface area (Å²) in [5.41, 5.74) is 5.42. The van der Waals surface area contributed by atoms with Crippen LogP contribution in [0.1, 0.15) is 20.3 Å². The number of hydrogen-bond acceptors (Lipinski definition) is 1. The number of rotatable bonds is 2. The lowest BCUT2D eigenvalue weighted by molar-refractivity contribution is 0.682. The molecule has 0 amide bonds. The Balaban J connectivity index is 3.39. The van der Waals surface area contributed by atoms with Gasteiger partial charge in [0.25, 0.3) is 0 Å². The molecule has 0 unspecified atom stereocenters. The summed E-state index contributed by atoms with van der Waals surface area (Å²) in [6.45, 7) is 4.24. The highest BCUT2D eigenvalue weighted by molar-refractivity contribution is 14.1. The molecule has 0 bridgehead atoms. The van der Waals surface area contributed by atoms with E-state index in [1.165, 1.54) is 0 Å². The second-order valence-corrected chi connectivity index (χ2v) is 2.66. The zero-order valence-electron chi connectivity index (χ0n) is 5.19. The SMILES string of the molecule is CC(C)CC(N)=NI. The van der Waals surface area contributed by atoms with Gasteiger partial charge in [0.05, 0.1) is 22.9 Å². The van der Waals surface area contributed by atoms with E-state index in [9.17, 15) is 0 Å². The van der Waals surface area contributed by atoms with Gasteiger partial charge in [0.2, 0.25) is 0 Å². The lowest BCUT2D eigenvalue weighted by atomic mass is 10.1. The van der Waals surface area contributed by atoms with Gasteiger partial charge in [-0.15, -0.1) is 0 Å². The lowest BCUT2D eigenvalue weighted by Gasteiger charge is -1.99. The van der Waals surface area contributed by atoms with Crippen LogP contribution in [0.4, 0.5) is 0 Å². The number of halogens is 1. The normalized spacial score (nSPS) is 12.8. The van der Waals surface area contributed by atoms with Gasteiger partial charge in [-0.05, 0) is 5.92 Å². The smallest absolute Gasteiger partial charge is 0.106 e. The second kappa shape index (κ2) is 4.12. The van der Waals surface area contributed by atoms with E-state index in [-0.39, 0.29) is 0 Å². The van der Waals surface area contributed by atoms with Gasteiger partial charge in [-0.3, -0.25) is 0 Å². The van der Waals surface area contributed by atoms with Crippen LogP contribution in [0, 0.1) is 5.92 Å². The largest absolute Gasteiger partial charge is 0.387 e. The molecule has 3 heteroatoms. The molecule has 0 aromatic heterocycles. The molecule has 0 radical (unpaired) electrons. The van der Waals surface area contributed by atoms with Gasteiger partial charge >= 0.3 is 0 Å². The van der Waals surface area contributed by atoms with Crippen LogP contribution < -0.4 is 5.73 Å². The molecule has 0 atom stereocenters. The first-order valence-corrected chi connectivity index (χ1v) is 3.56. The second-order valence-electron chi connectivity index (χ2n) is 2.17. The van der Waals surface area contributed by atoms with Crippen LogP contribution in [0.2, 0.25) is 0 Å². The van der Waals surface area contributed by atoms with E-state index in [2.05, 4.69) is 17.1 Å². The fourth-order valence-electron chi connectivity index (χ4n) is 0.453. The summed E-state index contributed by atoms with van der Waals surface area (Å²) >= 11 is 1.91. The Bertz CT molecular complexity index is 88.4. The molecule has 0 aliphatic rings.